The van der Waals surface area contributed by atoms with Crippen LogP contribution in [0.3, 0.4) is 0 Å². The molecule has 0 unspecified atom stereocenters. The molecular formula is C16H18N4. The Kier molecular flexibility index (Phi) is 2.82. The Hall–Kier alpha value is -2.23. The van der Waals surface area contributed by atoms with E-state index in [0.29, 0.717) is 11.5 Å². The summed E-state index contributed by atoms with van der Waals surface area (Å²) >= 11 is 0. The van der Waals surface area contributed by atoms with Crippen molar-refractivity contribution in [3.63, 3.8) is 0 Å². The smallest absolute Gasteiger partial charge is 0.165 e. The van der Waals surface area contributed by atoms with Gasteiger partial charge in [0.2, 0.25) is 0 Å². The average Bonchev–Trinajstić information content (AvgIpc) is 2.41. The van der Waals surface area contributed by atoms with Crippen molar-refractivity contribution in [1.82, 2.24) is 15.0 Å². The molecule has 20 heavy (non-hydrogen) atoms. The molecule has 0 atom stereocenters. The fourth-order valence-corrected chi connectivity index (χ4v) is 2.37. The van der Waals surface area contributed by atoms with Crippen LogP contribution in [0, 0.1) is 13.8 Å². The Bertz CT molecular complexity index is 822. The first-order chi connectivity index (χ1) is 9.47. The van der Waals surface area contributed by atoms with E-state index in [2.05, 4.69) is 55.9 Å². The second kappa shape index (κ2) is 4.40. The SMILES string of the molecule is Cc1ccc(C)c2nc3nc(C(C)C)nc(N)c3cc12. The standard InChI is InChI=1S/C16H18N4/c1-8(2)15-19-14(17)12-7-11-9(3)5-6-10(4)13(11)18-16(12)20-15/h5-8H,1-4H3,(H2,17,18,19,20). The minimum Gasteiger partial charge on any atom is -0.383 e. The quantitative estimate of drug-likeness (QED) is 0.685. The van der Waals surface area contributed by atoms with Gasteiger partial charge in [0, 0.05) is 11.3 Å². The van der Waals surface area contributed by atoms with E-state index < -0.39 is 0 Å². The molecule has 0 saturated carbocycles. The summed E-state index contributed by atoms with van der Waals surface area (Å²) in [6.07, 6.45) is 0. The van der Waals surface area contributed by atoms with Gasteiger partial charge < -0.3 is 5.73 Å². The predicted octanol–water partition coefficient (Wildman–Crippen LogP) is 3.50. The van der Waals surface area contributed by atoms with Crippen LogP contribution in [0.2, 0.25) is 0 Å². The molecule has 2 N–H and O–H groups in total. The molecule has 4 nitrogen and oxygen atoms in total. The molecule has 0 fully saturated rings. The minimum atomic E-state index is 0.234. The highest BCUT2D eigenvalue weighted by atomic mass is 15.0. The molecule has 1 aromatic carbocycles. The summed E-state index contributed by atoms with van der Waals surface area (Å²) in [5.74, 6) is 1.49. The van der Waals surface area contributed by atoms with E-state index in [0.717, 1.165) is 27.7 Å². The molecule has 2 aromatic heterocycles. The zero-order chi connectivity index (χ0) is 14.4. The number of nitrogen functional groups attached to an aromatic ring is 1. The number of hydrogen-bond donors (Lipinski definition) is 1. The fourth-order valence-electron chi connectivity index (χ4n) is 2.37. The van der Waals surface area contributed by atoms with Gasteiger partial charge >= 0.3 is 0 Å². The van der Waals surface area contributed by atoms with Crippen LogP contribution < -0.4 is 5.73 Å². The molecule has 0 saturated heterocycles. The van der Waals surface area contributed by atoms with Crippen LogP contribution in [-0.4, -0.2) is 15.0 Å². The third-order valence-corrected chi connectivity index (χ3v) is 3.63. The first-order valence-corrected chi connectivity index (χ1v) is 6.81. The predicted molar refractivity (Wildman–Crippen MR) is 82.8 cm³/mol. The lowest BCUT2D eigenvalue weighted by molar-refractivity contribution is 0.783. The van der Waals surface area contributed by atoms with Crippen LogP contribution in [0.5, 0.6) is 0 Å². The van der Waals surface area contributed by atoms with Crippen molar-refractivity contribution < 1.29 is 0 Å². The minimum absolute atomic E-state index is 0.234. The molecule has 3 aromatic rings. The van der Waals surface area contributed by atoms with Crippen molar-refractivity contribution in [3.05, 3.63) is 35.2 Å². The summed E-state index contributed by atoms with van der Waals surface area (Å²) in [5.41, 5.74) is 10.1. The number of nitrogens with two attached hydrogens (primary N) is 1. The Morgan fingerprint density at radius 1 is 0.950 bits per heavy atom. The maximum absolute atomic E-state index is 6.08. The lowest BCUT2D eigenvalue weighted by Crippen LogP contribution is -2.04. The molecule has 0 radical (unpaired) electrons. The van der Waals surface area contributed by atoms with Gasteiger partial charge in [-0.15, -0.1) is 0 Å². The second-order valence-corrected chi connectivity index (χ2v) is 5.58. The number of fused-ring (bicyclic) bond motifs is 2. The number of pyridine rings is 1. The van der Waals surface area contributed by atoms with E-state index in [4.69, 9.17) is 10.7 Å². The zero-order valence-electron chi connectivity index (χ0n) is 12.2. The van der Waals surface area contributed by atoms with Gasteiger partial charge in [-0.3, -0.25) is 0 Å². The Morgan fingerprint density at radius 3 is 2.35 bits per heavy atom. The highest BCUT2D eigenvalue weighted by Gasteiger charge is 2.12. The van der Waals surface area contributed by atoms with Crippen LogP contribution in [0.4, 0.5) is 5.82 Å². The molecule has 0 bridgehead atoms. The number of aryl methyl sites for hydroxylation is 2. The maximum Gasteiger partial charge on any atom is 0.165 e. The molecule has 0 aliphatic heterocycles. The third kappa shape index (κ3) is 1.88. The monoisotopic (exact) mass is 266 g/mol. The van der Waals surface area contributed by atoms with E-state index in [9.17, 15) is 0 Å². The number of aromatic nitrogens is 3. The van der Waals surface area contributed by atoms with Crippen molar-refractivity contribution in [3.8, 4) is 0 Å². The lowest BCUT2D eigenvalue weighted by Gasteiger charge is -2.10. The van der Waals surface area contributed by atoms with Crippen LogP contribution in [0.1, 0.15) is 36.7 Å². The van der Waals surface area contributed by atoms with Crippen LogP contribution in [0.25, 0.3) is 21.9 Å². The Labute approximate surface area is 118 Å². The van der Waals surface area contributed by atoms with Gasteiger partial charge in [0.05, 0.1) is 10.9 Å². The molecule has 0 amide bonds. The van der Waals surface area contributed by atoms with Crippen molar-refractivity contribution in [2.45, 2.75) is 33.6 Å². The highest BCUT2D eigenvalue weighted by Crippen LogP contribution is 2.27. The number of hydrogen-bond acceptors (Lipinski definition) is 4. The highest BCUT2D eigenvalue weighted by molar-refractivity contribution is 5.98. The van der Waals surface area contributed by atoms with Crippen molar-refractivity contribution in [2.75, 3.05) is 5.73 Å². The van der Waals surface area contributed by atoms with Crippen molar-refractivity contribution >= 4 is 27.8 Å². The van der Waals surface area contributed by atoms with Crippen molar-refractivity contribution in [2.24, 2.45) is 0 Å². The van der Waals surface area contributed by atoms with Crippen LogP contribution in [0.15, 0.2) is 18.2 Å². The summed E-state index contributed by atoms with van der Waals surface area (Å²) in [4.78, 5) is 13.7. The van der Waals surface area contributed by atoms with E-state index in [1.807, 2.05) is 0 Å². The molecule has 102 valence electrons. The van der Waals surface area contributed by atoms with Gasteiger partial charge in [0.25, 0.3) is 0 Å². The third-order valence-electron chi connectivity index (χ3n) is 3.63. The Morgan fingerprint density at radius 2 is 1.65 bits per heavy atom. The fraction of sp³-hybridized carbons (Fsp3) is 0.312. The molecular weight excluding hydrogens is 248 g/mol. The van der Waals surface area contributed by atoms with Gasteiger partial charge in [0.1, 0.15) is 11.6 Å². The topological polar surface area (TPSA) is 64.7 Å². The zero-order valence-corrected chi connectivity index (χ0v) is 12.2. The molecule has 0 aliphatic rings. The van der Waals surface area contributed by atoms with Crippen molar-refractivity contribution in [1.29, 1.82) is 0 Å². The number of anilines is 1. The number of rotatable bonds is 1. The maximum atomic E-state index is 6.08. The van der Waals surface area contributed by atoms with E-state index in [-0.39, 0.29) is 5.92 Å². The molecule has 2 heterocycles. The molecule has 0 spiro atoms. The van der Waals surface area contributed by atoms with Crippen LogP contribution in [-0.2, 0) is 0 Å². The van der Waals surface area contributed by atoms with Gasteiger partial charge in [-0.1, -0.05) is 26.0 Å². The summed E-state index contributed by atoms with van der Waals surface area (Å²) in [6, 6.07) is 6.24. The van der Waals surface area contributed by atoms with E-state index in [1.165, 1.54) is 5.56 Å². The second-order valence-electron chi connectivity index (χ2n) is 5.58. The lowest BCUT2D eigenvalue weighted by atomic mass is 10.0. The van der Waals surface area contributed by atoms with E-state index >= 15 is 0 Å². The Balaban J connectivity index is 2.45. The summed E-state index contributed by atoms with van der Waals surface area (Å²) in [6.45, 7) is 8.25. The average molecular weight is 266 g/mol. The summed E-state index contributed by atoms with van der Waals surface area (Å²) in [5, 5.41) is 1.95. The van der Waals surface area contributed by atoms with Gasteiger partial charge in [-0.05, 0) is 31.0 Å². The molecule has 3 rings (SSSR count). The normalized spacial score (nSPS) is 11.7. The largest absolute Gasteiger partial charge is 0.383 e. The van der Waals surface area contributed by atoms with Gasteiger partial charge in [-0.25, -0.2) is 15.0 Å². The van der Waals surface area contributed by atoms with E-state index in [1.54, 1.807) is 0 Å². The summed E-state index contributed by atoms with van der Waals surface area (Å²) in [7, 11) is 0. The van der Waals surface area contributed by atoms with Crippen LogP contribution >= 0.6 is 0 Å². The number of benzene rings is 1. The first-order valence-electron chi connectivity index (χ1n) is 6.81. The number of nitrogens with zero attached hydrogens (tertiary/aromatic N) is 3. The molecule has 0 aliphatic carbocycles. The molecule has 4 heteroatoms. The van der Waals surface area contributed by atoms with Gasteiger partial charge in [0.15, 0.2) is 5.65 Å². The van der Waals surface area contributed by atoms with Gasteiger partial charge in [-0.2, -0.15) is 0 Å². The summed E-state index contributed by atoms with van der Waals surface area (Å²) < 4.78 is 0. The first kappa shape index (κ1) is 12.8.